The molecule has 2 heteroatoms. The van der Waals surface area contributed by atoms with E-state index in [1.54, 1.807) is 22.3 Å². The number of hydrogen-bond donors (Lipinski definition) is 1. The maximum absolute atomic E-state index is 3.44. The lowest BCUT2D eigenvalue weighted by Crippen LogP contribution is -3.00. The van der Waals surface area contributed by atoms with Crippen molar-refractivity contribution < 1.29 is 13.8 Å². The second-order valence-corrected chi connectivity index (χ2v) is 5.88. The van der Waals surface area contributed by atoms with Gasteiger partial charge in [0, 0.05) is 17.9 Å². The first kappa shape index (κ1) is 13.7. The summed E-state index contributed by atoms with van der Waals surface area (Å²) in [5, 5.41) is 3.44. The Hall–Kier alpha value is -1.31. The van der Waals surface area contributed by atoms with E-state index in [-0.39, 0.29) is 19.2 Å². The molecule has 5 rings (SSSR count). The van der Waals surface area contributed by atoms with Crippen LogP contribution in [0.15, 0.2) is 48.5 Å². The van der Waals surface area contributed by atoms with E-state index >= 15 is 0 Å². The molecule has 104 valence electrons. The van der Waals surface area contributed by atoms with E-state index in [1.807, 2.05) is 0 Å². The van der Waals surface area contributed by atoms with Crippen molar-refractivity contribution in [1.29, 1.82) is 0 Å². The quantitative estimate of drug-likeness (QED) is 0.850. The summed E-state index contributed by atoms with van der Waals surface area (Å²) in [5.74, 6) is 0.617. The van der Waals surface area contributed by atoms with Gasteiger partial charge >= 0.3 is 1.43 Å². The Kier molecular flexibility index (Phi) is 3.35. The zero-order valence-electron chi connectivity index (χ0n) is 12.7. The molecule has 0 amide bonds. The van der Waals surface area contributed by atoms with Crippen molar-refractivity contribution in [3.8, 4) is 0 Å². The van der Waals surface area contributed by atoms with Gasteiger partial charge in [0.2, 0.25) is 0 Å². The van der Waals surface area contributed by atoms with Gasteiger partial charge in [-0.3, -0.25) is 0 Å². The van der Waals surface area contributed by atoms with Crippen LogP contribution in [0.5, 0.6) is 0 Å². The minimum absolute atomic E-state index is 0. The van der Waals surface area contributed by atoms with Crippen molar-refractivity contribution in [2.45, 2.75) is 24.2 Å². The number of fused-ring (bicyclic) bond motifs is 1. The molecule has 2 aromatic rings. The summed E-state index contributed by atoms with van der Waals surface area (Å²) in [6, 6.07) is 18.1. The van der Waals surface area contributed by atoms with Gasteiger partial charge in [-0.05, 0) is 42.1 Å². The molecule has 0 radical (unpaired) electrons. The number of halogens is 1. The van der Waals surface area contributed by atoms with Gasteiger partial charge in [0.05, 0.1) is 0 Å². The van der Waals surface area contributed by atoms with Gasteiger partial charge in [-0.2, -0.15) is 0 Å². The zero-order chi connectivity index (χ0) is 12.9. The lowest BCUT2D eigenvalue weighted by atomic mass is 9.55. The van der Waals surface area contributed by atoms with E-state index in [2.05, 4.69) is 60.9 Å². The van der Waals surface area contributed by atoms with E-state index in [1.165, 1.54) is 12.8 Å². The Morgan fingerprint density at radius 2 is 1.60 bits per heavy atom. The molecule has 0 saturated heterocycles. The third kappa shape index (κ3) is 1.60. The predicted molar refractivity (Wildman–Crippen MR) is 79.8 cm³/mol. The summed E-state index contributed by atoms with van der Waals surface area (Å²) < 4.78 is 0. The van der Waals surface area contributed by atoms with Crippen molar-refractivity contribution >= 4 is 0 Å². The minimum atomic E-state index is 0. The van der Waals surface area contributed by atoms with Crippen LogP contribution < -0.4 is 17.7 Å². The van der Waals surface area contributed by atoms with Gasteiger partial charge in [0.25, 0.3) is 0 Å². The van der Waals surface area contributed by atoms with E-state index < -0.39 is 0 Å². The van der Waals surface area contributed by atoms with Crippen LogP contribution in [0.3, 0.4) is 0 Å². The Morgan fingerprint density at radius 1 is 1.05 bits per heavy atom. The fourth-order valence-corrected chi connectivity index (χ4v) is 4.34. The average molecular weight is 286 g/mol. The van der Waals surface area contributed by atoms with Crippen LogP contribution in [-0.4, -0.2) is 13.6 Å². The number of hydrogen-bond acceptors (Lipinski definition) is 1. The predicted octanol–water partition coefficient (Wildman–Crippen LogP) is 0.548. The molecule has 0 aliphatic heterocycles. The standard InChI is InChI=1S/C18H19N.ClH/c1-19-12-18-11-10-13(14-6-2-4-8-16(14)18)15-7-3-5-9-17(15)18;/h2-9,13,19H,10-12H2,1H3;1H. The topological polar surface area (TPSA) is 12.0 Å². The molecule has 2 bridgehead atoms. The normalized spacial score (nSPS) is 25.6. The third-order valence-corrected chi connectivity index (χ3v) is 5.04. The fourth-order valence-electron chi connectivity index (χ4n) is 4.34. The maximum Gasteiger partial charge on any atom is 1.00 e. The van der Waals surface area contributed by atoms with Crippen LogP contribution >= 0.6 is 0 Å². The molecular weight excluding hydrogens is 266 g/mol. The maximum atomic E-state index is 3.44. The summed E-state index contributed by atoms with van der Waals surface area (Å²) >= 11 is 0. The molecule has 1 nitrogen and oxygen atoms in total. The van der Waals surface area contributed by atoms with Gasteiger partial charge in [-0.15, -0.1) is 0 Å². The Balaban J connectivity index is 0.000000807. The third-order valence-electron chi connectivity index (χ3n) is 5.04. The van der Waals surface area contributed by atoms with Crippen LogP contribution in [0.4, 0.5) is 0 Å². The molecule has 3 aliphatic carbocycles. The molecular formula is C18H20ClN. The molecule has 0 heterocycles. The first-order valence-corrected chi connectivity index (χ1v) is 7.20. The zero-order valence-corrected chi connectivity index (χ0v) is 12.5. The first-order valence-electron chi connectivity index (χ1n) is 7.20. The van der Waals surface area contributed by atoms with E-state index in [0.717, 1.165) is 6.54 Å². The van der Waals surface area contributed by atoms with E-state index in [9.17, 15) is 0 Å². The summed E-state index contributed by atoms with van der Waals surface area (Å²) in [4.78, 5) is 0. The molecule has 20 heavy (non-hydrogen) atoms. The smallest absolute Gasteiger partial charge is 1.00 e. The van der Waals surface area contributed by atoms with Crippen molar-refractivity contribution in [1.82, 2.24) is 5.32 Å². The Bertz CT molecular complexity index is 593. The molecule has 0 fully saturated rings. The summed E-state index contributed by atoms with van der Waals surface area (Å²) in [6.07, 6.45) is 2.56. The molecule has 0 saturated carbocycles. The first-order chi connectivity index (χ1) is 9.37. The summed E-state index contributed by atoms with van der Waals surface area (Å²) in [6.45, 7) is 1.04. The second kappa shape index (κ2) is 4.91. The lowest BCUT2D eigenvalue weighted by molar-refractivity contribution is -0.00000380. The average Bonchev–Trinajstić information content (AvgIpc) is 2.49. The van der Waals surface area contributed by atoms with Gasteiger partial charge < -0.3 is 17.7 Å². The monoisotopic (exact) mass is 285 g/mol. The molecule has 1 N–H and O–H groups in total. The van der Waals surface area contributed by atoms with Crippen LogP contribution in [0, 0.1) is 0 Å². The van der Waals surface area contributed by atoms with Gasteiger partial charge in [0.1, 0.15) is 0 Å². The number of rotatable bonds is 2. The lowest BCUT2D eigenvalue weighted by Gasteiger charge is -2.49. The number of benzene rings is 2. The van der Waals surface area contributed by atoms with Gasteiger partial charge in [0.15, 0.2) is 0 Å². The molecule has 0 spiro atoms. The van der Waals surface area contributed by atoms with Crippen molar-refractivity contribution in [2.75, 3.05) is 13.6 Å². The highest BCUT2D eigenvalue weighted by Gasteiger charge is 2.47. The molecule has 0 atom stereocenters. The SMILES string of the molecule is CNCC12CCC(c3ccccc31)c1ccccc12.[Cl-].[H+]. The highest BCUT2D eigenvalue weighted by molar-refractivity contribution is 5.59. The van der Waals surface area contributed by atoms with Crippen LogP contribution in [0.2, 0.25) is 0 Å². The van der Waals surface area contributed by atoms with Gasteiger partial charge in [-0.25, -0.2) is 0 Å². The van der Waals surface area contributed by atoms with Crippen molar-refractivity contribution in [3.63, 3.8) is 0 Å². The van der Waals surface area contributed by atoms with Gasteiger partial charge in [-0.1, -0.05) is 48.5 Å². The number of likely N-dealkylation sites (N-methyl/N-ethyl adjacent to an activating group) is 1. The Morgan fingerprint density at radius 3 is 2.15 bits per heavy atom. The largest absolute Gasteiger partial charge is 1.00 e. The molecule has 3 aliphatic rings. The minimum Gasteiger partial charge on any atom is -1.00 e. The van der Waals surface area contributed by atoms with Crippen LogP contribution in [-0.2, 0) is 5.41 Å². The number of nitrogens with one attached hydrogen (secondary N) is 1. The van der Waals surface area contributed by atoms with E-state index in [4.69, 9.17) is 0 Å². The van der Waals surface area contributed by atoms with Crippen LogP contribution in [0.1, 0.15) is 42.4 Å². The molecule has 2 aromatic carbocycles. The van der Waals surface area contributed by atoms with Crippen molar-refractivity contribution in [2.24, 2.45) is 0 Å². The van der Waals surface area contributed by atoms with Crippen LogP contribution in [0.25, 0.3) is 0 Å². The van der Waals surface area contributed by atoms with E-state index in [0.29, 0.717) is 5.92 Å². The second-order valence-electron chi connectivity index (χ2n) is 5.88. The highest BCUT2D eigenvalue weighted by atomic mass is 35.5. The summed E-state index contributed by atoms with van der Waals surface area (Å²) in [7, 11) is 2.07. The molecule has 0 aromatic heterocycles. The van der Waals surface area contributed by atoms with Crippen molar-refractivity contribution in [3.05, 3.63) is 70.8 Å². The Labute approximate surface area is 128 Å². The highest BCUT2D eigenvalue weighted by Crippen LogP contribution is 2.55. The summed E-state index contributed by atoms with van der Waals surface area (Å²) in [5.41, 5.74) is 6.42. The molecule has 0 unspecified atom stereocenters. The fraction of sp³-hybridized carbons (Fsp3) is 0.333.